The summed E-state index contributed by atoms with van der Waals surface area (Å²) >= 11 is 0. The smallest absolute Gasteiger partial charge is 0.132 e. The molecule has 2 atom stereocenters. The lowest BCUT2D eigenvalue weighted by molar-refractivity contribution is -0.117. The van der Waals surface area contributed by atoms with Crippen LogP contribution >= 0.6 is 0 Å². The van der Waals surface area contributed by atoms with E-state index in [-0.39, 0.29) is 17.8 Å². The molecule has 2 aliphatic heterocycles. The van der Waals surface area contributed by atoms with Crippen molar-refractivity contribution in [3.63, 3.8) is 0 Å². The Morgan fingerprint density at radius 3 is 2.39 bits per heavy atom. The van der Waals surface area contributed by atoms with Crippen LogP contribution in [0.25, 0.3) is 0 Å². The molecule has 0 aliphatic carbocycles. The molecule has 2 unspecified atom stereocenters. The van der Waals surface area contributed by atoms with Crippen LogP contribution in [0.2, 0.25) is 0 Å². The fraction of sp³-hybridized carbons (Fsp3) is 0.571. The molecule has 1 N–H and O–H groups in total. The van der Waals surface area contributed by atoms with Crippen molar-refractivity contribution in [2.24, 2.45) is 0 Å². The minimum Gasteiger partial charge on any atom is -0.385 e. The maximum Gasteiger partial charge on any atom is 0.132 e. The molecule has 2 aliphatic rings. The van der Waals surface area contributed by atoms with E-state index < -0.39 is 17.2 Å². The lowest BCUT2D eigenvalue weighted by Gasteiger charge is -2.37. The van der Waals surface area contributed by atoms with E-state index in [9.17, 15) is 13.9 Å². The molecule has 98 valence electrons. The van der Waals surface area contributed by atoms with Gasteiger partial charge in [0.1, 0.15) is 11.6 Å². The van der Waals surface area contributed by atoms with Crippen molar-refractivity contribution < 1.29 is 18.6 Å². The summed E-state index contributed by atoms with van der Waals surface area (Å²) in [5.74, 6) is -1.24. The minimum absolute atomic E-state index is 0.00138. The van der Waals surface area contributed by atoms with Gasteiger partial charge >= 0.3 is 0 Å². The Morgan fingerprint density at radius 2 is 1.78 bits per heavy atom. The van der Waals surface area contributed by atoms with Crippen LogP contribution in [0, 0.1) is 18.6 Å². The van der Waals surface area contributed by atoms with Crippen LogP contribution in [0.3, 0.4) is 0 Å². The van der Waals surface area contributed by atoms with Gasteiger partial charge in [0.05, 0.1) is 17.8 Å². The number of hydrogen-bond acceptors (Lipinski definition) is 2. The predicted octanol–water partition coefficient (Wildman–Crippen LogP) is 2.80. The minimum atomic E-state index is -1.22. The van der Waals surface area contributed by atoms with Gasteiger partial charge in [-0.15, -0.1) is 0 Å². The first-order valence-electron chi connectivity index (χ1n) is 6.32. The summed E-state index contributed by atoms with van der Waals surface area (Å²) in [4.78, 5) is 0. The van der Waals surface area contributed by atoms with E-state index in [1.165, 1.54) is 6.07 Å². The van der Waals surface area contributed by atoms with Gasteiger partial charge in [-0.2, -0.15) is 0 Å². The van der Waals surface area contributed by atoms with E-state index in [1.807, 2.05) is 0 Å². The van der Waals surface area contributed by atoms with E-state index in [4.69, 9.17) is 4.74 Å². The molecule has 2 heterocycles. The number of benzene rings is 1. The zero-order valence-corrected chi connectivity index (χ0v) is 10.2. The van der Waals surface area contributed by atoms with E-state index in [1.54, 1.807) is 6.92 Å². The first-order valence-corrected chi connectivity index (χ1v) is 6.32. The average molecular weight is 254 g/mol. The number of halogens is 2. The highest BCUT2D eigenvalue weighted by atomic mass is 19.1. The molecule has 2 fully saturated rings. The van der Waals surface area contributed by atoms with E-state index in [0.29, 0.717) is 18.4 Å². The molecule has 0 aromatic heterocycles. The SMILES string of the molecule is Cc1cc(C2(O)CC3CCC(C2)O3)c(F)cc1F. The molecule has 1 aromatic rings. The number of rotatable bonds is 1. The van der Waals surface area contributed by atoms with Crippen molar-refractivity contribution in [3.05, 3.63) is 34.9 Å². The van der Waals surface area contributed by atoms with Crippen molar-refractivity contribution in [3.8, 4) is 0 Å². The summed E-state index contributed by atoms with van der Waals surface area (Å²) in [6.07, 6.45) is 2.61. The van der Waals surface area contributed by atoms with Crippen molar-refractivity contribution >= 4 is 0 Å². The number of hydrogen-bond donors (Lipinski definition) is 1. The quantitative estimate of drug-likeness (QED) is 0.835. The standard InChI is InChI=1S/C14H16F2O2/c1-8-4-11(13(16)5-12(8)15)14(17)6-9-2-3-10(7-14)18-9/h4-5,9-10,17H,2-3,6-7H2,1H3. The Morgan fingerprint density at radius 1 is 1.17 bits per heavy atom. The maximum absolute atomic E-state index is 13.9. The summed E-state index contributed by atoms with van der Waals surface area (Å²) in [7, 11) is 0. The maximum atomic E-state index is 13.9. The molecule has 2 bridgehead atoms. The Bertz CT molecular complexity index is 475. The van der Waals surface area contributed by atoms with Crippen LogP contribution in [0.4, 0.5) is 8.78 Å². The molecule has 1 aromatic carbocycles. The fourth-order valence-corrected chi connectivity index (χ4v) is 3.15. The topological polar surface area (TPSA) is 29.5 Å². The molecule has 0 saturated carbocycles. The van der Waals surface area contributed by atoms with Crippen LogP contribution in [-0.4, -0.2) is 17.3 Å². The molecule has 0 spiro atoms. The van der Waals surface area contributed by atoms with Crippen LogP contribution in [0.1, 0.15) is 36.8 Å². The van der Waals surface area contributed by atoms with Crippen molar-refractivity contribution in [2.75, 3.05) is 0 Å². The third-order valence-electron chi connectivity index (χ3n) is 4.08. The highest BCUT2D eigenvalue weighted by Crippen LogP contribution is 2.44. The lowest BCUT2D eigenvalue weighted by Crippen LogP contribution is -2.39. The lowest BCUT2D eigenvalue weighted by atomic mass is 9.82. The zero-order chi connectivity index (χ0) is 12.9. The first-order chi connectivity index (χ1) is 8.48. The molecule has 0 amide bonds. The second-order valence-electron chi connectivity index (χ2n) is 5.48. The first kappa shape index (κ1) is 12.1. The summed E-state index contributed by atoms with van der Waals surface area (Å²) in [6.45, 7) is 1.58. The number of aryl methyl sites for hydroxylation is 1. The third-order valence-corrected chi connectivity index (χ3v) is 4.08. The van der Waals surface area contributed by atoms with Crippen LogP contribution < -0.4 is 0 Å². The molecule has 18 heavy (non-hydrogen) atoms. The molecule has 2 saturated heterocycles. The van der Waals surface area contributed by atoms with Gasteiger partial charge in [0.2, 0.25) is 0 Å². The highest BCUT2D eigenvalue weighted by Gasteiger charge is 2.45. The fourth-order valence-electron chi connectivity index (χ4n) is 3.15. The predicted molar refractivity (Wildman–Crippen MR) is 62.1 cm³/mol. The Balaban J connectivity index is 2.01. The molecular weight excluding hydrogens is 238 g/mol. The van der Waals surface area contributed by atoms with Crippen molar-refractivity contribution in [1.82, 2.24) is 0 Å². The van der Waals surface area contributed by atoms with Gasteiger partial charge in [-0.3, -0.25) is 0 Å². The molecule has 2 nitrogen and oxygen atoms in total. The Labute approximate surface area is 105 Å². The van der Waals surface area contributed by atoms with Crippen molar-refractivity contribution in [2.45, 2.75) is 50.4 Å². The highest BCUT2D eigenvalue weighted by molar-refractivity contribution is 5.31. The van der Waals surface area contributed by atoms with Crippen LogP contribution in [0.15, 0.2) is 12.1 Å². The number of aliphatic hydroxyl groups is 1. The molecular formula is C14H16F2O2. The summed E-state index contributed by atoms with van der Waals surface area (Å²) in [5.41, 5.74) is -0.646. The van der Waals surface area contributed by atoms with Gasteiger partial charge in [0.25, 0.3) is 0 Å². The normalized spacial score (nSPS) is 34.9. The zero-order valence-electron chi connectivity index (χ0n) is 10.2. The van der Waals surface area contributed by atoms with Crippen LogP contribution in [-0.2, 0) is 10.3 Å². The molecule has 3 rings (SSSR count). The van der Waals surface area contributed by atoms with Gasteiger partial charge in [-0.1, -0.05) is 0 Å². The summed E-state index contributed by atoms with van der Waals surface area (Å²) in [6, 6.07) is 2.29. The van der Waals surface area contributed by atoms with Gasteiger partial charge in [-0.25, -0.2) is 8.78 Å². The molecule has 0 radical (unpaired) electrons. The van der Waals surface area contributed by atoms with Gasteiger partial charge < -0.3 is 9.84 Å². The Hall–Kier alpha value is -1.00. The van der Waals surface area contributed by atoms with Crippen LogP contribution in [0.5, 0.6) is 0 Å². The second kappa shape index (κ2) is 4.00. The largest absolute Gasteiger partial charge is 0.385 e. The average Bonchev–Trinajstić information content (AvgIpc) is 2.64. The number of ether oxygens (including phenoxy) is 1. The van der Waals surface area contributed by atoms with E-state index >= 15 is 0 Å². The monoisotopic (exact) mass is 254 g/mol. The van der Waals surface area contributed by atoms with Gasteiger partial charge in [0, 0.05) is 24.5 Å². The summed E-state index contributed by atoms with van der Waals surface area (Å²) < 4.78 is 32.8. The van der Waals surface area contributed by atoms with Gasteiger partial charge in [0.15, 0.2) is 0 Å². The van der Waals surface area contributed by atoms with Crippen molar-refractivity contribution in [1.29, 1.82) is 0 Å². The third kappa shape index (κ3) is 1.84. The van der Waals surface area contributed by atoms with E-state index in [2.05, 4.69) is 0 Å². The molecule has 4 heteroatoms. The van der Waals surface area contributed by atoms with Gasteiger partial charge in [-0.05, 0) is 31.4 Å². The summed E-state index contributed by atoms with van der Waals surface area (Å²) in [5, 5.41) is 10.7. The number of fused-ring (bicyclic) bond motifs is 2. The Kier molecular flexibility index (Phi) is 2.68. The second-order valence-corrected chi connectivity index (χ2v) is 5.48. The van der Waals surface area contributed by atoms with E-state index in [0.717, 1.165) is 18.9 Å².